The number of nitrogens with zero attached hydrogens (tertiary/aromatic N) is 3. The zero-order valence-electron chi connectivity index (χ0n) is 19.2. The summed E-state index contributed by atoms with van der Waals surface area (Å²) in [5.41, 5.74) is -0.167. The Hall–Kier alpha value is -3.44. The van der Waals surface area contributed by atoms with Crippen LogP contribution >= 0.6 is 0 Å². The van der Waals surface area contributed by atoms with Gasteiger partial charge in [0.15, 0.2) is 12.4 Å². The third kappa shape index (κ3) is 5.88. The van der Waals surface area contributed by atoms with E-state index in [2.05, 4.69) is 13.8 Å². The number of nitriles is 1. The monoisotopic (exact) mass is 451 g/mol. The summed E-state index contributed by atoms with van der Waals surface area (Å²) in [6.45, 7) is 5.97. The third-order valence-electron chi connectivity index (χ3n) is 5.71. The van der Waals surface area contributed by atoms with Gasteiger partial charge in [-0.15, -0.1) is 0 Å². The summed E-state index contributed by atoms with van der Waals surface area (Å²) in [4.78, 5) is 40.2. The zero-order chi connectivity index (χ0) is 24.0. The van der Waals surface area contributed by atoms with Gasteiger partial charge in [-0.3, -0.25) is 14.4 Å². The zero-order valence-corrected chi connectivity index (χ0v) is 19.2. The Morgan fingerprint density at radius 3 is 2.55 bits per heavy atom. The topological polar surface area (TPSA) is 102 Å². The van der Waals surface area contributed by atoms with Crippen LogP contribution in [0.3, 0.4) is 0 Å². The molecule has 1 aliphatic rings. The number of hydrogen-bond acceptors (Lipinski definition) is 6. The summed E-state index contributed by atoms with van der Waals surface area (Å²) >= 11 is 0. The van der Waals surface area contributed by atoms with E-state index in [0.29, 0.717) is 24.9 Å². The van der Waals surface area contributed by atoms with Crippen molar-refractivity contribution in [1.29, 1.82) is 5.26 Å². The number of methoxy groups -OCH3 is 1. The summed E-state index contributed by atoms with van der Waals surface area (Å²) < 4.78 is 12.1. The van der Waals surface area contributed by atoms with Crippen molar-refractivity contribution in [2.24, 2.45) is 11.8 Å². The highest BCUT2D eigenvalue weighted by Crippen LogP contribution is 2.23. The molecule has 0 spiro atoms. The lowest BCUT2D eigenvalue weighted by Crippen LogP contribution is -2.44. The Morgan fingerprint density at radius 1 is 1.18 bits per heavy atom. The number of amides is 1. The molecule has 8 heteroatoms. The van der Waals surface area contributed by atoms with Crippen molar-refractivity contribution in [3.05, 3.63) is 63.6 Å². The molecule has 0 unspecified atom stereocenters. The Bertz CT molecular complexity index is 1110. The third-order valence-corrected chi connectivity index (χ3v) is 5.71. The number of carbonyl (C=O) groups is 2. The van der Waals surface area contributed by atoms with Gasteiger partial charge in [0.25, 0.3) is 11.5 Å². The molecule has 3 rings (SSSR count). The Morgan fingerprint density at radius 2 is 1.88 bits per heavy atom. The van der Waals surface area contributed by atoms with Gasteiger partial charge in [-0.25, -0.2) is 0 Å². The van der Waals surface area contributed by atoms with E-state index in [1.807, 2.05) is 11.0 Å². The minimum Gasteiger partial charge on any atom is -0.483 e. The maximum Gasteiger partial charge on any atom is 0.268 e. The molecule has 8 nitrogen and oxygen atoms in total. The van der Waals surface area contributed by atoms with E-state index in [1.165, 1.54) is 23.9 Å². The number of rotatable bonds is 8. The number of pyridine rings is 1. The van der Waals surface area contributed by atoms with E-state index in [0.717, 1.165) is 6.42 Å². The first-order valence-corrected chi connectivity index (χ1v) is 11.0. The van der Waals surface area contributed by atoms with Crippen molar-refractivity contribution >= 4 is 11.7 Å². The van der Waals surface area contributed by atoms with Crippen LogP contribution < -0.4 is 10.3 Å². The fourth-order valence-electron chi connectivity index (χ4n) is 4.23. The normalized spacial score (nSPS) is 17.9. The van der Waals surface area contributed by atoms with Gasteiger partial charge in [0.2, 0.25) is 0 Å². The minimum absolute atomic E-state index is 0.115. The molecule has 0 saturated carbocycles. The van der Waals surface area contributed by atoms with Crippen LogP contribution in [0.1, 0.15) is 41.8 Å². The molecule has 0 aliphatic carbocycles. The van der Waals surface area contributed by atoms with E-state index < -0.39 is 11.3 Å². The number of aromatic nitrogens is 1. The second-order valence-corrected chi connectivity index (χ2v) is 8.60. The van der Waals surface area contributed by atoms with Gasteiger partial charge >= 0.3 is 0 Å². The van der Waals surface area contributed by atoms with Gasteiger partial charge in [0.1, 0.15) is 17.4 Å². The largest absolute Gasteiger partial charge is 0.483 e. The SMILES string of the molecule is COCCn1cc(C(=O)c2ccccc2OCC(=O)N2C[C@H](C)C[C@@H](C)C2)cc(C#N)c1=O. The first-order chi connectivity index (χ1) is 15.8. The highest BCUT2D eigenvalue weighted by Gasteiger charge is 2.26. The van der Waals surface area contributed by atoms with Crippen molar-refractivity contribution in [1.82, 2.24) is 9.47 Å². The molecule has 1 fully saturated rings. The van der Waals surface area contributed by atoms with Crippen molar-refractivity contribution in [3.8, 4) is 11.8 Å². The second kappa shape index (κ2) is 10.9. The summed E-state index contributed by atoms with van der Waals surface area (Å²) in [6, 6.07) is 9.79. The average molecular weight is 452 g/mol. The summed E-state index contributed by atoms with van der Waals surface area (Å²) in [5.74, 6) is 0.642. The Kier molecular flexibility index (Phi) is 8.01. The molecule has 1 amide bonds. The first-order valence-electron chi connectivity index (χ1n) is 11.0. The summed E-state index contributed by atoms with van der Waals surface area (Å²) in [5, 5.41) is 9.33. The van der Waals surface area contributed by atoms with Gasteiger partial charge in [-0.05, 0) is 36.5 Å². The van der Waals surface area contributed by atoms with Gasteiger partial charge in [-0.2, -0.15) is 5.26 Å². The first kappa shape index (κ1) is 24.2. The molecule has 0 radical (unpaired) electrons. The van der Waals surface area contributed by atoms with Crippen LogP contribution in [0.4, 0.5) is 0 Å². The fourth-order valence-corrected chi connectivity index (χ4v) is 4.23. The number of hydrogen-bond donors (Lipinski definition) is 0. The van der Waals surface area contributed by atoms with Crippen LogP contribution in [-0.4, -0.2) is 54.6 Å². The van der Waals surface area contributed by atoms with E-state index in [4.69, 9.17) is 9.47 Å². The number of para-hydroxylation sites is 1. The standard InChI is InChI=1S/C25H29N3O5/c1-17-10-18(2)14-28(13-17)23(29)16-33-22-7-5-4-6-21(22)24(30)20-11-19(12-26)25(31)27(15-20)8-9-32-3/h4-7,11,15,17-18H,8-10,13-14,16H2,1-3H3/t17-,18-/m1/s1. The molecule has 1 aromatic heterocycles. The van der Waals surface area contributed by atoms with Crippen LogP contribution in [-0.2, 0) is 16.1 Å². The highest BCUT2D eigenvalue weighted by molar-refractivity contribution is 6.10. The number of piperidine rings is 1. The molecule has 0 N–H and O–H groups in total. The molecule has 2 heterocycles. The fraction of sp³-hybridized carbons (Fsp3) is 0.440. The maximum atomic E-state index is 13.3. The molecule has 1 aromatic carbocycles. The number of ether oxygens (including phenoxy) is 2. The van der Waals surface area contributed by atoms with E-state index in [9.17, 15) is 19.6 Å². The number of benzene rings is 1. The summed E-state index contributed by atoms with van der Waals surface area (Å²) in [6.07, 6.45) is 2.52. The number of ketones is 1. The molecule has 2 aromatic rings. The van der Waals surface area contributed by atoms with Crippen LogP contribution in [0.15, 0.2) is 41.3 Å². The molecular weight excluding hydrogens is 422 g/mol. The van der Waals surface area contributed by atoms with Gasteiger partial charge < -0.3 is 18.9 Å². The van der Waals surface area contributed by atoms with Crippen molar-refractivity contribution in [2.75, 3.05) is 33.4 Å². The van der Waals surface area contributed by atoms with Crippen LogP contribution in [0.5, 0.6) is 5.75 Å². The summed E-state index contributed by atoms with van der Waals surface area (Å²) in [7, 11) is 1.51. The molecule has 174 valence electrons. The molecule has 1 saturated heterocycles. The predicted molar refractivity (Wildman–Crippen MR) is 122 cm³/mol. The molecule has 2 atom stereocenters. The van der Waals surface area contributed by atoms with Crippen LogP contribution in [0, 0.1) is 23.2 Å². The van der Waals surface area contributed by atoms with Crippen LogP contribution in [0.25, 0.3) is 0 Å². The smallest absolute Gasteiger partial charge is 0.268 e. The van der Waals surface area contributed by atoms with Gasteiger partial charge in [0, 0.05) is 38.5 Å². The van der Waals surface area contributed by atoms with Crippen molar-refractivity contribution in [3.63, 3.8) is 0 Å². The molecule has 33 heavy (non-hydrogen) atoms. The van der Waals surface area contributed by atoms with Gasteiger partial charge in [-0.1, -0.05) is 26.0 Å². The average Bonchev–Trinajstić information content (AvgIpc) is 2.81. The lowest BCUT2D eigenvalue weighted by atomic mass is 9.92. The molecular formula is C25H29N3O5. The number of likely N-dealkylation sites (tertiary alicyclic amines) is 1. The van der Waals surface area contributed by atoms with E-state index in [1.54, 1.807) is 24.3 Å². The quantitative estimate of drug-likeness (QED) is 0.572. The van der Waals surface area contributed by atoms with Crippen molar-refractivity contribution in [2.45, 2.75) is 26.8 Å². The van der Waals surface area contributed by atoms with E-state index >= 15 is 0 Å². The maximum absolute atomic E-state index is 13.3. The molecule has 0 bridgehead atoms. The van der Waals surface area contributed by atoms with E-state index in [-0.39, 0.29) is 48.1 Å². The highest BCUT2D eigenvalue weighted by atomic mass is 16.5. The minimum atomic E-state index is -0.480. The van der Waals surface area contributed by atoms with Gasteiger partial charge in [0.05, 0.1) is 12.2 Å². The predicted octanol–water partition coefficient (Wildman–Crippen LogP) is 2.48. The Balaban J connectivity index is 1.81. The number of carbonyl (C=O) groups excluding carboxylic acids is 2. The second-order valence-electron chi connectivity index (χ2n) is 8.60. The molecule has 1 aliphatic heterocycles. The lowest BCUT2D eigenvalue weighted by molar-refractivity contribution is -0.136. The lowest BCUT2D eigenvalue weighted by Gasteiger charge is -2.34. The van der Waals surface area contributed by atoms with Crippen molar-refractivity contribution < 1.29 is 19.1 Å². The Labute approximate surface area is 193 Å². The van der Waals surface area contributed by atoms with Crippen LogP contribution in [0.2, 0.25) is 0 Å².